The zero-order valence-electron chi connectivity index (χ0n) is 18.0. The number of carbonyl (C=O) groups excluding carboxylic acids is 2. The number of carbonyl (C=O) groups is 2. The molecule has 0 unspecified atom stereocenters. The van der Waals surface area contributed by atoms with Crippen molar-refractivity contribution in [2.24, 2.45) is 0 Å². The summed E-state index contributed by atoms with van der Waals surface area (Å²) in [7, 11) is 7.13. The van der Waals surface area contributed by atoms with Crippen LogP contribution in [-0.2, 0) is 4.74 Å². The highest BCUT2D eigenvalue weighted by molar-refractivity contribution is 6.32. The number of aromatic nitrogens is 4. The Kier molecular flexibility index (Phi) is 5.08. The molecule has 5 rings (SSSR count). The van der Waals surface area contributed by atoms with Gasteiger partial charge in [-0.15, -0.1) is 0 Å². The van der Waals surface area contributed by atoms with Crippen molar-refractivity contribution in [1.29, 1.82) is 0 Å². The number of methoxy groups -OCH3 is 1. The summed E-state index contributed by atoms with van der Waals surface area (Å²) in [5.74, 6) is 0.529. The molecular formula is C22H19BN6O4. The van der Waals surface area contributed by atoms with Crippen LogP contribution >= 0.6 is 0 Å². The number of nitrogens with zero attached hydrogens (tertiary/aromatic N) is 5. The molecule has 1 aliphatic rings. The average molecular weight is 442 g/mol. The maximum Gasteiger partial charge on any atom is 0.409 e. The lowest BCUT2D eigenvalue weighted by atomic mass is 9.98. The third kappa shape index (κ3) is 3.82. The topological polar surface area (TPSA) is 115 Å². The van der Waals surface area contributed by atoms with Crippen LogP contribution in [0.2, 0.25) is 0 Å². The minimum absolute atomic E-state index is 0.0286. The Morgan fingerprint density at radius 1 is 1.24 bits per heavy atom. The van der Waals surface area contributed by atoms with Crippen molar-refractivity contribution >= 4 is 36.6 Å². The molecule has 2 amide bonds. The van der Waals surface area contributed by atoms with Gasteiger partial charge in [0.15, 0.2) is 0 Å². The number of aryl methyl sites for hydroxylation is 1. The van der Waals surface area contributed by atoms with Crippen LogP contribution in [0.4, 0.5) is 10.5 Å². The predicted octanol–water partition coefficient (Wildman–Crippen LogP) is 1.90. The van der Waals surface area contributed by atoms with Crippen molar-refractivity contribution in [3.8, 4) is 11.4 Å². The van der Waals surface area contributed by atoms with Crippen molar-refractivity contribution in [2.45, 2.75) is 12.8 Å². The summed E-state index contributed by atoms with van der Waals surface area (Å²) in [6.07, 6.45) is 2.84. The zero-order valence-corrected chi connectivity index (χ0v) is 18.0. The summed E-state index contributed by atoms with van der Waals surface area (Å²) in [6, 6.07) is 8.93. The summed E-state index contributed by atoms with van der Waals surface area (Å²) in [5, 5.41) is 7.00. The SMILES string of the molecule is [B]c1ccn2c(C(=O)Nc3cc(-c4noc(C5CN(C(=O)OC)C5)n4)ccc3C)cnc2c1. The van der Waals surface area contributed by atoms with E-state index in [0.29, 0.717) is 52.9 Å². The summed E-state index contributed by atoms with van der Waals surface area (Å²) in [6.45, 7) is 2.83. The monoisotopic (exact) mass is 442 g/mol. The standard InChI is InChI=1S/C22H19BN6O4/c1-12-3-4-13(19-26-21(33-27-19)14-10-28(11-14)22(31)32-2)7-16(12)25-20(30)17-9-24-18-8-15(23)5-6-29(17)18/h3-9,14H,10-11H2,1-2H3,(H,25,30). The van der Waals surface area contributed by atoms with Crippen LogP contribution < -0.4 is 10.8 Å². The van der Waals surface area contributed by atoms with Gasteiger partial charge in [-0.05, 0) is 24.6 Å². The molecule has 1 fully saturated rings. The molecule has 33 heavy (non-hydrogen) atoms. The van der Waals surface area contributed by atoms with E-state index in [4.69, 9.17) is 17.1 Å². The lowest BCUT2D eigenvalue weighted by Gasteiger charge is -2.35. The highest BCUT2D eigenvalue weighted by atomic mass is 16.5. The van der Waals surface area contributed by atoms with Gasteiger partial charge in [0.05, 0.1) is 19.2 Å². The Hall–Kier alpha value is -4.15. The molecule has 3 aromatic heterocycles. The first-order valence-corrected chi connectivity index (χ1v) is 10.2. The van der Waals surface area contributed by atoms with Gasteiger partial charge in [0.2, 0.25) is 11.7 Å². The fourth-order valence-corrected chi connectivity index (χ4v) is 3.68. The number of nitrogens with one attached hydrogen (secondary N) is 1. The van der Waals surface area contributed by atoms with Gasteiger partial charge < -0.3 is 19.5 Å². The average Bonchev–Trinajstić information content (AvgIpc) is 3.41. The lowest BCUT2D eigenvalue weighted by molar-refractivity contribution is 0.0804. The highest BCUT2D eigenvalue weighted by Gasteiger charge is 2.36. The lowest BCUT2D eigenvalue weighted by Crippen LogP contribution is -2.48. The fourth-order valence-electron chi connectivity index (χ4n) is 3.68. The van der Waals surface area contributed by atoms with E-state index < -0.39 is 0 Å². The molecule has 164 valence electrons. The number of hydrogen-bond donors (Lipinski definition) is 1. The molecule has 0 bridgehead atoms. The van der Waals surface area contributed by atoms with E-state index in [1.807, 2.05) is 19.1 Å². The molecule has 1 aliphatic heterocycles. The Morgan fingerprint density at radius 3 is 2.85 bits per heavy atom. The van der Waals surface area contributed by atoms with Crippen LogP contribution in [-0.4, -0.2) is 64.5 Å². The molecule has 1 saturated heterocycles. The van der Waals surface area contributed by atoms with Crippen LogP contribution in [0.5, 0.6) is 0 Å². The summed E-state index contributed by atoms with van der Waals surface area (Å²) in [5.41, 5.74) is 3.74. The first-order chi connectivity index (χ1) is 15.9. The number of imidazole rings is 1. The Bertz CT molecular complexity index is 1370. The van der Waals surface area contributed by atoms with Crippen LogP contribution in [0.25, 0.3) is 17.0 Å². The largest absolute Gasteiger partial charge is 0.453 e. The summed E-state index contributed by atoms with van der Waals surface area (Å²) >= 11 is 0. The van der Waals surface area contributed by atoms with Crippen LogP contribution in [0, 0.1) is 6.92 Å². The van der Waals surface area contributed by atoms with Gasteiger partial charge in [0.1, 0.15) is 19.2 Å². The maximum absolute atomic E-state index is 12.9. The molecule has 1 aromatic carbocycles. The normalized spacial score (nSPS) is 13.7. The maximum atomic E-state index is 12.9. The van der Waals surface area contributed by atoms with E-state index in [1.165, 1.54) is 13.3 Å². The van der Waals surface area contributed by atoms with E-state index in [0.717, 1.165) is 5.56 Å². The molecule has 0 atom stereocenters. The summed E-state index contributed by atoms with van der Waals surface area (Å²) in [4.78, 5) is 34.7. The summed E-state index contributed by atoms with van der Waals surface area (Å²) < 4.78 is 11.8. The number of amides is 2. The van der Waals surface area contributed by atoms with Gasteiger partial charge in [0, 0.05) is 30.5 Å². The van der Waals surface area contributed by atoms with Gasteiger partial charge in [0.25, 0.3) is 5.91 Å². The van der Waals surface area contributed by atoms with Crippen LogP contribution in [0.15, 0.2) is 47.2 Å². The second kappa shape index (κ2) is 8.08. The van der Waals surface area contributed by atoms with Gasteiger partial charge in [-0.2, -0.15) is 4.98 Å². The Balaban J connectivity index is 1.34. The molecule has 11 heteroatoms. The minimum Gasteiger partial charge on any atom is -0.453 e. The molecule has 0 spiro atoms. The van der Waals surface area contributed by atoms with Crippen molar-refractivity contribution in [2.75, 3.05) is 25.5 Å². The molecule has 10 nitrogen and oxygen atoms in total. The van der Waals surface area contributed by atoms with Gasteiger partial charge in [-0.1, -0.05) is 28.8 Å². The van der Waals surface area contributed by atoms with E-state index >= 15 is 0 Å². The molecule has 0 aliphatic carbocycles. The molecule has 1 N–H and O–H groups in total. The highest BCUT2D eigenvalue weighted by Crippen LogP contribution is 2.29. The Labute approximate surface area is 190 Å². The fraction of sp³-hybridized carbons (Fsp3) is 0.227. The number of hydrogen-bond acceptors (Lipinski definition) is 7. The van der Waals surface area contributed by atoms with E-state index in [1.54, 1.807) is 33.7 Å². The molecule has 4 heterocycles. The number of likely N-dealkylation sites (tertiary alicyclic amines) is 1. The van der Waals surface area contributed by atoms with Crippen molar-refractivity contribution in [1.82, 2.24) is 24.4 Å². The second-order valence-electron chi connectivity index (χ2n) is 7.84. The van der Waals surface area contributed by atoms with Crippen molar-refractivity contribution in [3.63, 3.8) is 0 Å². The van der Waals surface area contributed by atoms with Gasteiger partial charge >= 0.3 is 6.09 Å². The van der Waals surface area contributed by atoms with E-state index in [9.17, 15) is 9.59 Å². The molecule has 0 saturated carbocycles. The Morgan fingerprint density at radius 2 is 2.06 bits per heavy atom. The van der Waals surface area contributed by atoms with E-state index in [-0.39, 0.29) is 17.9 Å². The number of rotatable bonds is 4. The molecular weight excluding hydrogens is 423 g/mol. The number of fused-ring (bicyclic) bond motifs is 1. The second-order valence-corrected chi connectivity index (χ2v) is 7.84. The first-order valence-electron chi connectivity index (χ1n) is 10.2. The van der Waals surface area contributed by atoms with Crippen LogP contribution in [0.3, 0.4) is 0 Å². The number of pyridine rings is 1. The van der Waals surface area contributed by atoms with Crippen LogP contribution in [0.1, 0.15) is 27.9 Å². The molecule has 4 aromatic rings. The third-order valence-electron chi connectivity index (χ3n) is 5.62. The van der Waals surface area contributed by atoms with E-state index in [2.05, 4.69) is 20.4 Å². The molecule has 2 radical (unpaired) electrons. The third-order valence-corrected chi connectivity index (χ3v) is 5.62. The van der Waals surface area contributed by atoms with Gasteiger partial charge in [-0.25, -0.2) is 9.78 Å². The number of benzene rings is 1. The first kappa shape index (κ1) is 20.7. The quantitative estimate of drug-likeness (QED) is 0.480. The van der Waals surface area contributed by atoms with Gasteiger partial charge in [-0.3, -0.25) is 9.20 Å². The van der Waals surface area contributed by atoms with Crippen molar-refractivity contribution < 1.29 is 18.8 Å². The smallest absolute Gasteiger partial charge is 0.409 e. The number of ether oxygens (including phenoxy) is 1. The number of anilines is 1. The zero-order chi connectivity index (χ0) is 23.1. The van der Waals surface area contributed by atoms with Crippen molar-refractivity contribution in [3.05, 3.63) is 59.9 Å². The minimum atomic E-state index is -0.376. The predicted molar refractivity (Wildman–Crippen MR) is 120 cm³/mol.